The van der Waals surface area contributed by atoms with Gasteiger partial charge in [-0.2, -0.15) is 0 Å². The minimum absolute atomic E-state index is 0.450. The molecule has 2 nitrogen and oxygen atoms in total. The van der Waals surface area contributed by atoms with E-state index in [9.17, 15) is 0 Å². The quantitative estimate of drug-likeness (QED) is 0.637. The number of rotatable bonds is 1. The maximum Gasteiger partial charge on any atom is 0.0491 e. The summed E-state index contributed by atoms with van der Waals surface area (Å²) in [6, 6.07) is 10.9. The normalized spacial score (nSPS) is 24.6. The first kappa shape index (κ1) is 7.77. The van der Waals surface area contributed by atoms with Crippen LogP contribution in [0.15, 0.2) is 30.3 Å². The molecule has 0 bridgehead atoms. The van der Waals surface area contributed by atoms with Gasteiger partial charge in [0.15, 0.2) is 0 Å². The Kier molecular flexibility index (Phi) is 2.11. The van der Waals surface area contributed by atoms with Gasteiger partial charge in [0.05, 0.1) is 0 Å². The Morgan fingerprint density at radius 2 is 2.00 bits per heavy atom. The summed E-state index contributed by atoms with van der Waals surface area (Å²) in [5.74, 6) is 5.84. The first-order valence-corrected chi connectivity index (χ1v) is 4.44. The smallest absolute Gasteiger partial charge is 0.0491 e. The molecule has 1 atom stereocenters. The van der Waals surface area contributed by atoms with Gasteiger partial charge in [-0.3, -0.25) is 5.84 Å². The van der Waals surface area contributed by atoms with E-state index in [1.165, 1.54) is 18.4 Å². The highest BCUT2D eigenvalue weighted by Gasteiger charge is 2.22. The van der Waals surface area contributed by atoms with Crippen LogP contribution in [0.25, 0.3) is 0 Å². The van der Waals surface area contributed by atoms with E-state index < -0.39 is 0 Å². The molecule has 0 saturated carbocycles. The molecule has 12 heavy (non-hydrogen) atoms. The Hall–Kier alpha value is -0.860. The molecule has 2 heteroatoms. The Bertz CT molecular complexity index is 245. The van der Waals surface area contributed by atoms with Crippen LogP contribution in [0.5, 0.6) is 0 Å². The van der Waals surface area contributed by atoms with Crippen molar-refractivity contribution in [3.63, 3.8) is 0 Å². The molecular formula is C10H14N2. The number of hydrogen-bond donors (Lipinski definition) is 1. The summed E-state index contributed by atoms with van der Waals surface area (Å²) < 4.78 is 0. The summed E-state index contributed by atoms with van der Waals surface area (Å²) in [6.45, 7) is 1.03. The van der Waals surface area contributed by atoms with Crippen LogP contribution in [0.3, 0.4) is 0 Å². The summed E-state index contributed by atoms with van der Waals surface area (Å²) in [4.78, 5) is 0. The Morgan fingerprint density at radius 1 is 1.25 bits per heavy atom. The van der Waals surface area contributed by atoms with Gasteiger partial charge in [0.2, 0.25) is 0 Å². The van der Waals surface area contributed by atoms with Crippen molar-refractivity contribution in [3.8, 4) is 0 Å². The molecule has 2 rings (SSSR count). The predicted octanol–water partition coefficient (Wildman–Crippen LogP) is 1.70. The zero-order valence-electron chi connectivity index (χ0n) is 7.11. The van der Waals surface area contributed by atoms with E-state index in [4.69, 9.17) is 5.84 Å². The van der Waals surface area contributed by atoms with Gasteiger partial charge in [-0.15, -0.1) is 0 Å². The second-order valence-corrected chi connectivity index (χ2v) is 3.31. The lowest BCUT2D eigenvalue weighted by molar-refractivity contribution is 0.266. The molecule has 0 spiro atoms. The van der Waals surface area contributed by atoms with Crippen molar-refractivity contribution in [2.45, 2.75) is 18.9 Å². The highest BCUT2D eigenvalue weighted by atomic mass is 15.4. The summed E-state index contributed by atoms with van der Waals surface area (Å²) in [6.07, 6.45) is 2.41. The number of hydrogen-bond acceptors (Lipinski definition) is 2. The second-order valence-electron chi connectivity index (χ2n) is 3.31. The van der Waals surface area contributed by atoms with Crippen LogP contribution in [0.1, 0.15) is 24.4 Å². The van der Waals surface area contributed by atoms with E-state index in [0.29, 0.717) is 6.04 Å². The van der Waals surface area contributed by atoms with E-state index in [-0.39, 0.29) is 0 Å². The molecule has 2 N–H and O–H groups in total. The molecule has 0 amide bonds. The molecule has 1 heterocycles. The third-order valence-electron chi connectivity index (χ3n) is 2.48. The maximum atomic E-state index is 5.84. The molecule has 1 unspecified atom stereocenters. The van der Waals surface area contributed by atoms with Gasteiger partial charge in [-0.05, 0) is 18.4 Å². The van der Waals surface area contributed by atoms with Crippen molar-refractivity contribution in [2.75, 3.05) is 6.54 Å². The number of benzene rings is 1. The van der Waals surface area contributed by atoms with E-state index in [1.807, 2.05) is 11.1 Å². The highest BCUT2D eigenvalue weighted by molar-refractivity contribution is 5.19. The molecule has 0 radical (unpaired) electrons. The minimum Gasteiger partial charge on any atom is -0.268 e. The van der Waals surface area contributed by atoms with Crippen LogP contribution in [0.2, 0.25) is 0 Å². The summed E-state index contributed by atoms with van der Waals surface area (Å²) in [5.41, 5.74) is 1.34. The van der Waals surface area contributed by atoms with Crippen molar-refractivity contribution < 1.29 is 0 Å². The van der Waals surface area contributed by atoms with Gasteiger partial charge in [0, 0.05) is 12.6 Å². The molecular weight excluding hydrogens is 148 g/mol. The van der Waals surface area contributed by atoms with Gasteiger partial charge in [-0.25, -0.2) is 5.01 Å². The number of hydrazine groups is 1. The monoisotopic (exact) mass is 162 g/mol. The molecule has 0 aliphatic carbocycles. The van der Waals surface area contributed by atoms with Gasteiger partial charge >= 0.3 is 0 Å². The van der Waals surface area contributed by atoms with Gasteiger partial charge in [-0.1, -0.05) is 30.3 Å². The van der Waals surface area contributed by atoms with Crippen molar-refractivity contribution in [1.82, 2.24) is 5.01 Å². The van der Waals surface area contributed by atoms with Gasteiger partial charge < -0.3 is 0 Å². The van der Waals surface area contributed by atoms with Crippen molar-refractivity contribution in [1.29, 1.82) is 0 Å². The standard InChI is InChI=1S/C10H14N2/c11-12-8-4-7-10(12)9-5-2-1-3-6-9/h1-3,5-6,10H,4,7-8,11H2. The van der Waals surface area contributed by atoms with Crippen LogP contribution in [-0.2, 0) is 0 Å². The molecule has 1 aliphatic heterocycles. The Balaban J connectivity index is 2.19. The fourth-order valence-electron chi connectivity index (χ4n) is 1.82. The lowest BCUT2D eigenvalue weighted by atomic mass is 10.1. The first-order valence-electron chi connectivity index (χ1n) is 4.44. The van der Waals surface area contributed by atoms with Crippen molar-refractivity contribution in [3.05, 3.63) is 35.9 Å². The molecule has 0 aromatic heterocycles. The van der Waals surface area contributed by atoms with Gasteiger partial charge in [0.25, 0.3) is 0 Å². The summed E-state index contributed by atoms with van der Waals surface area (Å²) >= 11 is 0. The van der Waals surface area contributed by atoms with Gasteiger partial charge in [0.1, 0.15) is 0 Å². The summed E-state index contributed by atoms with van der Waals surface area (Å²) in [5, 5.41) is 1.94. The number of nitrogens with two attached hydrogens (primary N) is 1. The third kappa shape index (κ3) is 1.36. The molecule has 1 aliphatic rings. The molecule has 1 aromatic rings. The fraction of sp³-hybridized carbons (Fsp3) is 0.400. The van der Waals surface area contributed by atoms with Crippen LogP contribution >= 0.6 is 0 Å². The maximum absolute atomic E-state index is 5.84. The van der Waals surface area contributed by atoms with E-state index in [1.54, 1.807) is 0 Å². The SMILES string of the molecule is NN1CCCC1c1ccccc1. The third-order valence-corrected chi connectivity index (χ3v) is 2.48. The number of nitrogens with zero attached hydrogens (tertiary/aromatic N) is 1. The average Bonchev–Trinajstić information content (AvgIpc) is 2.53. The van der Waals surface area contributed by atoms with Crippen LogP contribution in [0.4, 0.5) is 0 Å². The molecule has 1 saturated heterocycles. The topological polar surface area (TPSA) is 29.3 Å². The Morgan fingerprint density at radius 3 is 2.58 bits per heavy atom. The van der Waals surface area contributed by atoms with Crippen LogP contribution in [0, 0.1) is 0 Å². The lowest BCUT2D eigenvalue weighted by Gasteiger charge is -2.18. The van der Waals surface area contributed by atoms with Crippen LogP contribution in [-0.4, -0.2) is 11.6 Å². The lowest BCUT2D eigenvalue weighted by Crippen LogP contribution is -2.29. The van der Waals surface area contributed by atoms with E-state index in [2.05, 4.69) is 24.3 Å². The minimum atomic E-state index is 0.450. The largest absolute Gasteiger partial charge is 0.268 e. The second kappa shape index (κ2) is 3.25. The predicted molar refractivity (Wildman–Crippen MR) is 49.3 cm³/mol. The first-order chi connectivity index (χ1) is 5.88. The highest BCUT2D eigenvalue weighted by Crippen LogP contribution is 2.28. The van der Waals surface area contributed by atoms with Crippen molar-refractivity contribution >= 4 is 0 Å². The molecule has 64 valence electrons. The Labute approximate surface area is 73.0 Å². The molecule has 1 aromatic carbocycles. The summed E-state index contributed by atoms with van der Waals surface area (Å²) in [7, 11) is 0. The average molecular weight is 162 g/mol. The van der Waals surface area contributed by atoms with Crippen LogP contribution < -0.4 is 5.84 Å². The zero-order chi connectivity index (χ0) is 8.39. The molecule has 1 fully saturated rings. The zero-order valence-corrected chi connectivity index (χ0v) is 7.11. The van der Waals surface area contributed by atoms with E-state index >= 15 is 0 Å². The van der Waals surface area contributed by atoms with Crippen molar-refractivity contribution in [2.24, 2.45) is 5.84 Å². The van der Waals surface area contributed by atoms with E-state index in [0.717, 1.165) is 6.54 Å². The fourth-order valence-corrected chi connectivity index (χ4v) is 1.82.